The molecule has 0 aliphatic rings. The van der Waals surface area contributed by atoms with Crippen molar-refractivity contribution in [3.8, 4) is 0 Å². The molecule has 0 spiro atoms. The first-order chi connectivity index (χ1) is 12.7. The summed E-state index contributed by atoms with van der Waals surface area (Å²) in [6, 6.07) is 18.0. The highest BCUT2D eigenvalue weighted by Crippen LogP contribution is 2.06. The van der Waals surface area contributed by atoms with Gasteiger partial charge in [-0.25, -0.2) is 0 Å². The standard InChI is InChI=1S/C21H26N2O3/c1-2-26-15-9-14-22-21(25)19(16-17-10-5-3-6-11-17)23-20(24)18-12-7-4-8-13-18/h3-8,10-13,19H,2,9,14-16H2,1H3,(H,22,25)(H,23,24). The zero-order valence-electron chi connectivity index (χ0n) is 15.1. The van der Waals surface area contributed by atoms with Crippen molar-refractivity contribution in [3.63, 3.8) is 0 Å². The summed E-state index contributed by atoms with van der Waals surface area (Å²) < 4.78 is 5.27. The van der Waals surface area contributed by atoms with Gasteiger partial charge in [0.1, 0.15) is 6.04 Å². The van der Waals surface area contributed by atoms with E-state index in [0.717, 1.165) is 12.0 Å². The third-order valence-corrected chi connectivity index (χ3v) is 3.91. The van der Waals surface area contributed by atoms with Gasteiger partial charge in [-0.05, 0) is 31.0 Å². The maximum Gasteiger partial charge on any atom is 0.251 e. The van der Waals surface area contributed by atoms with E-state index in [-0.39, 0.29) is 11.8 Å². The molecule has 0 fully saturated rings. The Labute approximate surface area is 154 Å². The van der Waals surface area contributed by atoms with Gasteiger partial charge in [0.25, 0.3) is 5.91 Å². The van der Waals surface area contributed by atoms with Crippen LogP contribution in [-0.4, -0.2) is 37.6 Å². The molecule has 0 saturated carbocycles. The molecule has 2 rings (SSSR count). The molecule has 0 aliphatic heterocycles. The third kappa shape index (κ3) is 6.69. The minimum atomic E-state index is -0.628. The smallest absolute Gasteiger partial charge is 0.251 e. The molecular weight excluding hydrogens is 328 g/mol. The molecule has 1 unspecified atom stereocenters. The zero-order valence-corrected chi connectivity index (χ0v) is 15.1. The van der Waals surface area contributed by atoms with Gasteiger partial charge in [-0.3, -0.25) is 9.59 Å². The average molecular weight is 354 g/mol. The molecule has 1 atom stereocenters. The maximum atomic E-state index is 12.6. The van der Waals surface area contributed by atoms with Crippen LogP contribution in [0.25, 0.3) is 0 Å². The first-order valence-corrected chi connectivity index (χ1v) is 8.96. The monoisotopic (exact) mass is 354 g/mol. The molecule has 5 heteroatoms. The normalized spacial score (nSPS) is 11.6. The molecule has 0 aliphatic carbocycles. The van der Waals surface area contributed by atoms with Crippen LogP contribution in [0.2, 0.25) is 0 Å². The van der Waals surface area contributed by atoms with E-state index < -0.39 is 6.04 Å². The zero-order chi connectivity index (χ0) is 18.6. The number of ether oxygens (including phenoxy) is 1. The Balaban J connectivity index is 1.98. The molecule has 138 valence electrons. The number of rotatable bonds is 10. The largest absolute Gasteiger partial charge is 0.382 e. The van der Waals surface area contributed by atoms with Crippen LogP contribution in [0.1, 0.15) is 29.3 Å². The van der Waals surface area contributed by atoms with Crippen molar-refractivity contribution in [1.82, 2.24) is 10.6 Å². The van der Waals surface area contributed by atoms with Gasteiger partial charge < -0.3 is 15.4 Å². The highest BCUT2D eigenvalue weighted by molar-refractivity contribution is 5.97. The van der Waals surface area contributed by atoms with E-state index in [1.807, 2.05) is 43.3 Å². The lowest BCUT2D eigenvalue weighted by molar-refractivity contribution is -0.123. The average Bonchev–Trinajstić information content (AvgIpc) is 2.68. The van der Waals surface area contributed by atoms with Gasteiger partial charge in [0.15, 0.2) is 0 Å². The SMILES string of the molecule is CCOCCCNC(=O)C(Cc1ccccc1)NC(=O)c1ccccc1. The molecule has 26 heavy (non-hydrogen) atoms. The topological polar surface area (TPSA) is 67.4 Å². The van der Waals surface area contributed by atoms with E-state index >= 15 is 0 Å². The van der Waals surface area contributed by atoms with E-state index in [1.54, 1.807) is 24.3 Å². The summed E-state index contributed by atoms with van der Waals surface area (Å²) in [6.07, 6.45) is 1.18. The van der Waals surface area contributed by atoms with Gasteiger partial charge in [0, 0.05) is 31.7 Å². The highest BCUT2D eigenvalue weighted by Gasteiger charge is 2.21. The van der Waals surface area contributed by atoms with E-state index in [9.17, 15) is 9.59 Å². The molecule has 2 amide bonds. The molecule has 0 heterocycles. The molecule has 5 nitrogen and oxygen atoms in total. The lowest BCUT2D eigenvalue weighted by Gasteiger charge is -2.19. The molecule has 0 aromatic heterocycles. The minimum Gasteiger partial charge on any atom is -0.382 e. The van der Waals surface area contributed by atoms with Gasteiger partial charge in [-0.15, -0.1) is 0 Å². The van der Waals surface area contributed by atoms with Crippen molar-refractivity contribution in [2.24, 2.45) is 0 Å². The van der Waals surface area contributed by atoms with Crippen LogP contribution in [0.3, 0.4) is 0 Å². The molecule has 0 bridgehead atoms. The van der Waals surface area contributed by atoms with Crippen molar-refractivity contribution in [2.75, 3.05) is 19.8 Å². The Kier molecular flexibility index (Phi) is 8.36. The molecule has 2 N–H and O–H groups in total. The predicted molar refractivity (Wildman–Crippen MR) is 102 cm³/mol. The van der Waals surface area contributed by atoms with Crippen molar-refractivity contribution in [1.29, 1.82) is 0 Å². The quantitative estimate of drug-likeness (QED) is 0.645. The highest BCUT2D eigenvalue weighted by atomic mass is 16.5. The van der Waals surface area contributed by atoms with Crippen LogP contribution in [-0.2, 0) is 16.0 Å². The summed E-state index contributed by atoms with van der Waals surface area (Å²) >= 11 is 0. The Hall–Kier alpha value is -2.66. The Morgan fingerprint density at radius 2 is 1.65 bits per heavy atom. The maximum absolute atomic E-state index is 12.6. The number of nitrogens with one attached hydrogen (secondary N) is 2. The predicted octanol–water partition coefficient (Wildman–Crippen LogP) is 2.57. The molecule has 0 saturated heterocycles. The number of carbonyl (C=O) groups is 2. The minimum absolute atomic E-state index is 0.186. The van der Waals surface area contributed by atoms with Crippen molar-refractivity contribution in [2.45, 2.75) is 25.8 Å². The van der Waals surface area contributed by atoms with Crippen LogP contribution < -0.4 is 10.6 Å². The van der Waals surface area contributed by atoms with Crippen LogP contribution in [0.4, 0.5) is 0 Å². The molecule has 2 aromatic carbocycles. The first kappa shape index (κ1) is 19.7. The lowest BCUT2D eigenvalue weighted by atomic mass is 10.0. The van der Waals surface area contributed by atoms with Crippen LogP contribution in [0.5, 0.6) is 0 Å². The van der Waals surface area contributed by atoms with Gasteiger partial charge in [0.05, 0.1) is 0 Å². The third-order valence-electron chi connectivity index (χ3n) is 3.91. The van der Waals surface area contributed by atoms with Crippen molar-refractivity contribution >= 4 is 11.8 Å². The van der Waals surface area contributed by atoms with Gasteiger partial charge in [-0.1, -0.05) is 48.5 Å². The van der Waals surface area contributed by atoms with Crippen LogP contribution in [0.15, 0.2) is 60.7 Å². The Morgan fingerprint density at radius 3 is 2.31 bits per heavy atom. The van der Waals surface area contributed by atoms with Crippen LogP contribution in [0, 0.1) is 0 Å². The summed E-state index contributed by atoms with van der Waals surface area (Å²) in [6.45, 7) is 3.73. The lowest BCUT2D eigenvalue weighted by Crippen LogP contribution is -2.48. The van der Waals surface area contributed by atoms with Crippen LogP contribution >= 0.6 is 0 Å². The summed E-state index contributed by atoms with van der Waals surface area (Å²) in [5.74, 6) is -0.439. The second-order valence-corrected chi connectivity index (χ2v) is 5.92. The molecular formula is C21H26N2O3. The number of hydrogen-bond acceptors (Lipinski definition) is 3. The van der Waals surface area contributed by atoms with E-state index in [1.165, 1.54) is 0 Å². The molecule has 0 radical (unpaired) electrons. The van der Waals surface area contributed by atoms with E-state index in [0.29, 0.717) is 31.7 Å². The number of benzene rings is 2. The fourth-order valence-electron chi connectivity index (χ4n) is 2.54. The second-order valence-electron chi connectivity index (χ2n) is 5.92. The number of carbonyl (C=O) groups excluding carboxylic acids is 2. The van der Waals surface area contributed by atoms with E-state index in [4.69, 9.17) is 4.74 Å². The van der Waals surface area contributed by atoms with Crippen molar-refractivity contribution in [3.05, 3.63) is 71.8 Å². The summed E-state index contributed by atoms with van der Waals surface area (Å²) in [7, 11) is 0. The van der Waals surface area contributed by atoms with Gasteiger partial charge >= 0.3 is 0 Å². The van der Waals surface area contributed by atoms with Gasteiger partial charge in [0.2, 0.25) is 5.91 Å². The number of amides is 2. The first-order valence-electron chi connectivity index (χ1n) is 8.96. The Morgan fingerprint density at radius 1 is 1.00 bits per heavy atom. The summed E-state index contributed by atoms with van der Waals surface area (Å²) in [5, 5.41) is 5.74. The fourth-order valence-corrected chi connectivity index (χ4v) is 2.54. The fraction of sp³-hybridized carbons (Fsp3) is 0.333. The Bertz CT molecular complexity index is 674. The van der Waals surface area contributed by atoms with E-state index in [2.05, 4.69) is 10.6 Å². The number of hydrogen-bond donors (Lipinski definition) is 2. The summed E-state index contributed by atoms with van der Waals surface area (Å²) in [4.78, 5) is 25.0. The van der Waals surface area contributed by atoms with Gasteiger partial charge in [-0.2, -0.15) is 0 Å². The second kappa shape index (κ2) is 11.1. The molecule has 2 aromatic rings. The summed E-state index contributed by atoms with van der Waals surface area (Å²) in [5.41, 5.74) is 1.53. The van der Waals surface area contributed by atoms with Crippen molar-refractivity contribution < 1.29 is 14.3 Å².